The van der Waals surface area contributed by atoms with Crippen LogP contribution >= 0.6 is 0 Å². The molecular weight excluding hydrogens is 334 g/mol. The highest BCUT2D eigenvalue weighted by molar-refractivity contribution is 5.98. The van der Waals surface area contributed by atoms with Crippen LogP contribution in [0.1, 0.15) is 27.6 Å². The van der Waals surface area contributed by atoms with Crippen molar-refractivity contribution in [1.82, 2.24) is 10.2 Å². The second-order valence-electron chi connectivity index (χ2n) is 5.51. The van der Waals surface area contributed by atoms with E-state index in [1.807, 2.05) is 0 Å². The summed E-state index contributed by atoms with van der Waals surface area (Å²) in [4.78, 5) is 46.3. The summed E-state index contributed by atoms with van der Waals surface area (Å²) in [6.45, 7) is 2.29. The van der Waals surface area contributed by atoms with E-state index in [0.29, 0.717) is 0 Å². The van der Waals surface area contributed by atoms with Crippen LogP contribution in [0.15, 0.2) is 18.2 Å². The number of ether oxygens (including phenoxy) is 1. The van der Waals surface area contributed by atoms with Crippen molar-refractivity contribution in [3.8, 4) is 0 Å². The van der Waals surface area contributed by atoms with Gasteiger partial charge in [-0.3, -0.25) is 19.7 Å². The molecule has 1 aliphatic heterocycles. The highest BCUT2D eigenvalue weighted by atomic mass is 16.6. The lowest BCUT2D eigenvalue weighted by atomic mass is 10.1. The average Bonchev–Trinajstić information content (AvgIpc) is 2.59. The summed E-state index contributed by atoms with van der Waals surface area (Å²) in [6.07, 6.45) is -0.403. The fourth-order valence-electron chi connectivity index (χ4n) is 2.43. The van der Waals surface area contributed by atoms with E-state index < -0.39 is 28.6 Å². The summed E-state index contributed by atoms with van der Waals surface area (Å²) < 4.78 is 5.46. The molecule has 1 unspecified atom stereocenters. The molecule has 0 bridgehead atoms. The van der Waals surface area contributed by atoms with Crippen LogP contribution in [0.4, 0.5) is 5.69 Å². The molecule has 2 amide bonds. The molecule has 0 saturated carbocycles. The van der Waals surface area contributed by atoms with E-state index in [4.69, 9.17) is 9.84 Å². The Balaban J connectivity index is 2.20. The van der Waals surface area contributed by atoms with Crippen LogP contribution in [0.3, 0.4) is 0 Å². The standard InChI is InChI=1S/C15H17N3O7/c1-9(19)16-7-13-8-17(2-3-25-13)14(20)10-4-11(15(21)22)6-12(5-10)18(23)24/h4-6,13H,2-3,7-8H2,1H3,(H,16,19)(H,21,22). The first-order valence-corrected chi connectivity index (χ1v) is 7.46. The van der Waals surface area contributed by atoms with Gasteiger partial charge in [-0.05, 0) is 6.07 Å². The van der Waals surface area contributed by atoms with Gasteiger partial charge < -0.3 is 20.1 Å². The van der Waals surface area contributed by atoms with Gasteiger partial charge in [0.25, 0.3) is 11.6 Å². The van der Waals surface area contributed by atoms with Crippen molar-refractivity contribution >= 4 is 23.5 Å². The Morgan fingerprint density at radius 3 is 2.64 bits per heavy atom. The number of hydrogen-bond acceptors (Lipinski definition) is 6. The predicted octanol–water partition coefficient (Wildman–Crippen LogP) is 0.270. The number of hydrogen-bond donors (Lipinski definition) is 2. The molecule has 0 aromatic heterocycles. The number of nitro benzene ring substituents is 1. The summed E-state index contributed by atoms with van der Waals surface area (Å²) in [5.74, 6) is -2.11. The zero-order chi connectivity index (χ0) is 18.6. The Morgan fingerprint density at radius 1 is 1.36 bits per heavy atom. The molecule has 10 nitrogen and oxygen atoms in total. The first kappa shape index (κ1) is 18.3. The molecule has 134 valence electrons. The third-order valence-corrected chi connectivity index (χ3v) is 3.63. The fraction of sp³-hybridized carbons (Fsp3) is 0.400. The number of nitro groups is 1. The monoisotopic (exact) mass is 351 g/mol. The number of carboxylic acids is 1. The number of morpholine rings is 1. The summed E-state index contributed by atoms with van der Waals surface area (Å²) in [5.41, 5.74) is -0.876. The number of aromatic carboxylic acids is 1. The second-order valence-corrected chi connectivity index (χ2v) is 5.51. The molecule has 2 rings (SSSR count). The Labute approximate surface area is 142 Å². The molecule has 1 aromatic carbocycles. The van der Waals surface area contributed by atoms with Gasteiger partial charge in [-0.25, -0.2) is 4.79 Å². The first-order chi connectivity index (χ1) is 11.8. The summed E-state index contributed by atoms with van der Waals surface area (Å²) in [6, 6.07) is 3.06. The van der Waals surface area contributed by atoms with Gasteiger partial charge in [0.2, 0.25) is 5.91 Å². The Morgan fingerprint density at radius 2 is 2.04 bits per heavy atom. The topological polar surface area (TPSA) is 139 Å². The van der Waals surface area contributed by atoms with E-state index in [-0.39, 0.29) is 43.3 Å². The van der Waals surface area contributed by atoms with Crippen LogP contribution in [-0.4, -0.2) is 65.1 Å². The van der Waals surface area contributed by atoms with E-state index >= 15 is 0 Å². The molecule has 0 radical (unpaired) electrons. The smallest absolute Gasteiger partial charge is 0.335 e. The lowest BCUT2D eigenvalue weighted by Gasteiger charge is -2.33. The molecule has 0 spiro atoms. The van der Waals surface area contributed by atoms with Gasteiger partial charge in [-0.1, -0.05) is 0 Å². The van der Waals surface area contributed by atoms with Crippen molar-refractivity contribution < 1.29 is 29.2 Å². The van der Waals surface area contributed by atoms with Crippen LogP contribution in [0.5, 0.6) is 0 Å². The molecule has 1 atom stereocenters. The van der Waals surface area contributed by atoms with Gasteiger partial charge in [0.05, 0.1) is 23.2 Å². The minimum Gasteiger partial charge on any atom is -0.478 e. The summed E-state index contributed by atoms with van der Waals surface area (Å²) in [7, 11) is 0. The lowest BCUT2D eigenvalue weighted by Crippen LogP contribution is -2.49. The maximum absolute atomic E-state index is 12.6. The molecule has 1 fully saturated rings. The Hall–Kier alpha value is -3.01. The molecule has 0 aliphatic carbocycles. The number of amides is 2. The molecule has 25 heavy (non-hydrogen) atoms. The zero-order valence-electron chi connectivity index (χ0n) is 13.4. The number of carbonyl (C=O) groups is 3. The molecule has 1 saturated heterocycles. The van der Waals surface area contributed by atoms with Crippen molar-refractivity contribution in [3.05, 3.63) is 39.4 Å². The molecule has 1 aliphatic rings. The summed E-state index contributed by atoms with van der Waals surface area (Å²) >= 11 is 0. The number of nitrogens with one attached hydrogen (secondary N) is 1. The molecule has 10 heteroatoms. The van der Waals surface area contributed by atoms with Crippen molar-refractivity contribution in [2.24, 2.45) is 0 Å². The third-order valence-electron chi connectivity index (χ3n) is 3.63. The van der Waals surface area contributed by atoms with E-state index in [1.54, 1.807) is 0 Å². The Kier molecular flexibility index (Phi) is 5.65. The maximum atomic E-state index is 12.6. The van der Waals surface area contributed by atoms with Crippen molar-refractivity contribution in [1.29, 1.82) is 0 Å². The van der Waals surface area contributed by atoms with Gasteiger partial charge in [-0.15, -0.1) is 0 Å². The maximum Gasteiger partial charge on any atom is 0.335 e. The van der Waals surface area contributed by atoms with Gasteiger partial charge >= 0.3 is 5.97 Å². The average molecular weight is 351 g/mol. The quantitative estimate of drug-likeness (QED) is 0.573. The fourth-order valence-corrected chi connectivity index (χ4v) is 2.43. The van der Waals surface area contributed by atoms with Crippen molar-refractivity contribution in [3.63, 3.8) is 0 Å². The predicted molar refractivity (Wildman–Crippen MR) is 84.4 cm³/mol. The minimum atomic E-state index is -1.36. The first-order valence-electron chi connectivity index (χ1n) is 7.46. The van der Waals surface area contributed by atoms with Crippen LogP contribution in [0, 0.1) is 10.1 Å². The highest BCUT2D eigenvalue weighted by Crippen LogP contribution is 2.20. The lowest BCUT2D eigenvalue weighted by molar-refractivity contribution is -0.384. The van der Waals surface area contributed by atoms with Crippen LogP contribution in [0.25, 0.3) is 0 Å². The number of carbonyl (C=O) groups excluding carboxylic acids is 2. The van der Waals surface area contributed by atoms with Gasteiger partial charge in [-0.2, -0.15) is 0 Å². The second kappa shape index (κ2) is 7.71. The van der Waals surface area contributed by atoms with Crippen molar-refractivity contribution in [2.45, 2.75) is 13.0 Å². The van der Waals surface area contributed by atoms with E-state index in [9.17, 15) is 24.5 Å². The number of carboxylic acid groups (broad SMARTS) is 1. The molecular formula is C15H17N3O7. The van der Waals surface area contributed by atoms with Gasteiger partial charge in [0.1, 0.15) is 0 Å². The van der Waals surface area contributed by atoms with Gasteiger partial charge in [0.15, 0.2) is 0 Å². The largest absolute Gasteiger partial charge is 0.478 e. The number of benzene rings is 1. The molecule has 1 aromatic rings. The Bertz CT molecular complexity index is 687. The molecule has 1 heterocycles. The molecule has 2 N–H and O–H groups in total. The van der Waals surface area contributed by atoms with Gasteiger partial charge in [0, 0.05) is 44.3 Å². The third kappa shape index (κ3) is 4.73. The van der Waals surface area contributed by atoms with Crippen LogP contribution < -0.4 is 5.32 Å². The normalized spacial score (nSPS) is 17.0. The SMILES string of the molecule is CC(=O)NCC1CN(C(=O)c2cc(C(=O)O)cc([N+](=O)[O-])c2)CCO1. The van der Waals surface area contributed by atoms with E-state index in [1.165, 1.54) is 11.8 Å². The number of non-ortho nitro benzene ring substituents is 1. The summed E-state index contributed by atoms with van der Waals surface area (Å²) in [5, 5.41) is 22.6. The minimum absolute atomic E-state index is 0.0771. The number of nitrogens with zero attached hydrogens (tertiary/aromatic N) is 2. The van der Waals surface area contributed by atoms with E-state index in [0.717, 1.165) is 18.2 Å². The van der Waals surface area contributed by atoms with Crippen LogP contribution in [0.2, 0.25) is 0 Å². The van der Waals surface area contributed by atoms with Crippen molar-refractivity contribution in [2.75, 3.05) is 26.2 Å². The zero-order valence-corrected chi connectivity index (χ0v) is 13.4. The van der Waals surface area contributed by atoms with E-state index in [2.05, 4.69) is 5.32 Å². The van der Waals surface area contributed by atoms with Crippen LogP contribution in [-0.2, 0) is 9.53 Å². The number of rotatable bonds is 5. The highest BCUT2D eigenvalue weighted by Gasteiger charge is 2.27.